The first-order valence-corrected chi connectivity index (χ1v) is 6.03. The van der Waals surface area contributed by atoms with Crippen LogP contribution in [0.4, 0.5) is 0 Å². The summed E-state index contributed by atoms with van der Waals surface area (Å²) < 4.78 is 6.72. The number of carbonyl (C=O) groups is 1. The molecule has 17 heavy (non-hydrogen) atoms. The van der Waals surface area contributed by atoms with Gasteiger partial charge in [0.1, 0.15) is 6.04 Å². The molecule has 5 nitrogen and oxygen atoms in total. The minimum Gasteiger partial charge on any atom is -0.468 e. The third-order valence-corrected chi connectivity index (χ3v) is 3.06. The number of hydrogen-bond donors (Lipinski definition) is 1. The van der Waals surface area contributed by atoms with Crippen molar-refractivity contribution in [3.8, 4) is 0 Å². The zero-order valence-electron chi connectivity index (χ0n) is 10.3. The highest BCUT2D eigenvalue weighted by Crippen LogP contribution is 2.20. The molecular weight excluding hydrogens is 218 g/mol. The molecule has 1 heterocycles. The molecule has 0 spiro atoms. The fraction of sp³-hybridized carbons (Fsp3) is 0.667. The Morgan fingerprint density at radius 2 is 2.47 bits per heavy atom. The minimum atomic E-state index is -0.212. The number of nitrogens with one attached hydrogen (secondary N) is 1. The van der Waals surface area contributed by atoms with Crippen LogP contribution in [0, 0.1) is 6.92 Å². The van der Waals surface area contributed by atoms with Gasteiger partial charge in [0.2, 0.25) is 0 Å². The summed E-state index contributed by atoms with van der Waals surface area (Å²) in [6.07, 6.45) is 4.81. The van der Waals surface area contributed by atoms with Gasteiger partial charge in [-0.15, -0.1) is 0 Å². The van der Waals surface area contributed by atoms with Gasteiger partial charge in [-0.25, -0.2) is 0 Å². The summed E-state index contributed by atoms with van der Waals surface area (Å²) in [7, 11) is 1.43. The van der Waals surface area contributed by atoms with Crippen LogP contribution in [0.2, 0.25) is 0 Å². The van der Waals surface area contributed by atoms with Crippen molar-refractivity contribution in [2.45, 2.75) is 44.8 Å². The molecule has 1 aromatic rings. The molecule has 1 unspecified atom stereocenters. The smallest absolute Gasteiger partial charge is 0.322 e. The fourth-order valence-corrected chi connectivity index (χ4v) is 1.83. The quantitative estimate of drug-likeness (QED) is 0.746. The molecule has 0 saturated heterocycles. The summed E-state index contributed by atoms with van der Waals surface area (Å²) in [6, 6.07) is 2.25. The minimum absolute atomic E-state index is 0.179. The van der Waals surface area contributed by atoms with E-state index in [4.69, 9.17) is 4.74 Å². The number of aryl methyl sites for hydroxylation is 2. The lowest BCUT2D eigenvalue weighted by Gasteiger charge is -2.16. The van der Waals surface area contributed by atoms with E-state index < -0.39 is 0 Å². The van der Waals surface area contributed by atoms with E-state index in [2.05, 4.69) is 10.4 Å². The first kappa shape index (κ1) is 12.1. The highest BCUT2D eigenvalue weighted by molar-refractivity contribution is 5.75. The van der Waals surface area contributed by atoms with Gasteiger partial charge < -0.3 is 10.1 Å². The lowest BCUT2D eigenvalue weighted by atomic mass is 10.2. The molecule has 0 aliphatic heterocycles. The largest absolute Gasteiger partial charge is 0.468 e. The van der Waals surface area contributed by atoms with E-state index in [1.54, 1.807) is 6.20 Å². The summed E-state index contributed by atoms with van der Waals surface area (Å²) in [5, 5.41) is 7.51. The molecule has 1 fully saturated rings. The predicted molar refractivity (Wildman–Crippen MR) is 63.5 cm³/mol. The zero-order chi connectivity index (χ0) is 12.3. The van der Waals surface area contributed by atoms with Gasteiger partial charge in [-0.2, -0.15) is 5.10 Å². The average Bonchev–Trinajstić information content (AvgIpc) is 3.06. The molecule has 0 bridgehead atoms. The van der Waals surface area contributed by atoms with Crippen LogP contribution in [-0.2, 0) is 16.1 Å². The topological polar surface area (TPSA) is 56.2 Å². The maximum atomic E-state index is 11.6. The molecule has 94 valence electrons. The monoisotopic (exact) mass is 237 g/mol. The molecule has 1 aliphatic carbocycles. The second-order valence-corrected chi connectivity index (χ2v) is 4.50. The number of rotatable bonds is 6. The molecule has 0 amide bonds. The second-order valence-electron chi connectivity index (χ2n) is 4.50. The highest BCUT2D eigenvalue weighted by atomic mass is 16.5. The van der Waals surface area contributed by atoms with Crippen molar-refractivity contribution >= 4 is 5.97 Å². The van der Waals surface area contributed by atoms with Crippen molar-refractivity contribution in [1.82, 2.24) is 15.1 Å². The van der Waals surface area contributed by atoms with Crippen LogP contribution >= 0.6 is 0 Å². The van der Waals surface area contributed by atoms with Crippen LogP contribution in [0.5, 0.6) is 0 Å². The second kappa shape index (κ2) is 5.31. The number of methoxy groups -OCH3 is 1. The normalized spacial score (nSPS) is 16.8. The van der Waals surface area contributed by atoms with Gasteiger partial charge in [0.05, 0.1) is 7.11 Å². The number of hydrogen-bond acceptors (Lipinski definition) is 4. The molecule has 1 aliphatic rings. The van der Waals surface area contributed by atoms with Crippen molar-refractivity contribution in [2.24, 2.45) is 0 Å². The summed E-state index contributed by atoms with van der Waals surface area (Å²) in [4.78, 5) is 11.6. The lowest BCUT2D eigenvalue weighted by molar-refractivity contribution is -0.143. The summed E-state index contributed by atoms with van der Waals surface area (Å²) >= 11 is 0. The van der Waals surface area contributed by atoms with Crippen LogP contribution in [-0.4, -0.2) is 34.9 Å². The Labute approximate surface area is 101 Å². The van der Waals surface area contributed by atoms with E-state index in [1.807, 2.05) is 17.7 Å². The Kier molecular flexibility index (Phi) is 3.78. The molecule has 2 rings (SSSR count). The van der Waals surface area contributed by atoms with E-state index >= 15 is 0 Å². The average molecular weight is 237 g/mol. The van der Waals surface area contributed by atoms with E-state index in [1.165, 1.54) is 7.11 Å². The number of ether oxygens (including phenoxy) is 1. The zero-order valence-corrected chi connectivity index (χ0v) is 10.3. The maximum Gasteiger partial charge on any atom is 0.322 e. The van der Waals surface area contributed by atoms with E-state index in [-0.39, 0.29) is 12.0 Å². The van der Waals surface area contributed by atoms with Crippen LogP contribution in [0.15, 0.2) is 12.3 Å². The molecule has 0 radical (unpaired) electrons. The standard InChI is InChI=1S/C12H19N3O2/c1-9-5-7-13-15(9)8-6-11(12(16)17-2)14-10-3-4-10/h5,7,10-11,14H,3-4,6,8H2,1-2H3. The van der Waals surface area contributed by atoms with E-state index in [9.17, 15) is 4.79 Å². The van der Waals surface area contributed by atoms with Gasteiger partial charge in [-0.3, -0.25) is 9.48 Å². The third-order valence-electron chi connectivity index (χ3n) is 3.06. The molecule has 1 aromatic heterocycles. The van der Waals surface area contributed by atoms with Crippen molar-refractivity contribution in [2.75, 3.05) is 7.11 Å². The Morgan fingerprint density at radius 3 is 3.00 bits per heavy atom. The van der Waals surface area contributed by atoms with Crippen LogP contribution < -0.4 is 5.32 Å². The number of carbonyl (C=O) groups excluding carboxylic acids is 1. The van der Waals surface area contributed by atoms with Gasteiger partial charge in [0, 0.05) is 24.5 Å². The third kappa shape index (κ3) is 3.30. The number of nitrogens with zero attached hydrogens (tertiary/aromatic N) is 2. The van der Waals surface area contributed by atoms with Crippen molar-refractivity contribution in [1.29, 1.82) is 0 Å². The Bertz CT molecular complexity index is 385. The summed E-state index contributed by atoms with van der Waals surface area (Å²) in [6.45, 7) is 2.74. The number of esters is 1. The summed E-state index contributed by atoms with van der Waals surface area (Å²) in [5.41, 5.74) is 1.11. The SMILES string of the molecule is COC(=O)C(CCn1nccc1C)NC1CC1. The fourth-order valence-electron chi connectivity index (χ4n) is 1.83. The molecule has 1 atom stereocenters. The van der Waals surface area contributed by atoms with Crippen molar-refractivity contribution in [3.05, 3.63) is 18.0 Å². The van der Waals surface area contributed by atoms with Crippen LogP contribution in [0.25, 0.3) is 0 Å². The highest BCUT2D eigenvalue weighted by Gasteiger charge is 2.28. The summed E-state index contributed by atoms with van der Waals surface area (Å²) in [5.74, 6) is -0.179. The Hall–Kier alpha value is -1.36. The van der Waals surface area contributed by atoms with E-state index in [0.29, 0.717) is 12.5 Å². The van der Waals surface area contributed by atoms with Gasteiger partial charge in [0.25, 0.3) is 0 Å². The van der Waals surface area contributed by atoms with Gasteiger partial charge in [0.15, 0.2) is 0 Å². The van der Waals surface area contributed by atoms with Gasteiger partial charge in [-0.1, -0.05) is 0 Å². The van der Waals surface area contributed by atoms with Crippen molar-refractivity contribution < 1.29 is 9.53 Å². The Balaban J connectivity index is 1.88. The first-order valence-electron chi connectivity index (χ1n) is 6.03. The van der Waals surface area contributed by atoms with Gasteiger partial charge >= 0.3 is 5.97 Å². The van der Waals surface area contributed by atoms with Crippen LogP contribution in [0.1, 0.15) is 25.0 Å². The molecule has 0 aromatic carbocycles. The Morgan fingerprint density at radius 1 is 1.71 bits per heavy atom. The first-order chi connectivity index (χ1) is 8.20. The molecule has 1 saturated carbocycles. The van der Waals surface area contributed by atoms with Crippen LogP contribution in [0.3, 0.4) is 0 Å². The maximum absolute atomic E-state index is 11.6. The number of aromatic nitrogens is 2. The molecule has 1 N–H and O–H groups in total. The van der Waals surface area contributed by atoms with Gasteiger partial charge in [-0.05, 0) is 32.3 Å². The predicted octanol–water partition coefficient (Wildman–Crippen LogP) is 0.875. The van der Waals surface area contributed by atoms with E-state index in [0.717, 1.165) is 25.1 Å². The van der Waals surface area contributed by atoms with Crippen molar-refractivity contribution in [3.63, 3.8) is 0 Å². The molecule has 5 heteroatoms. The molecular formula is C12H19N3O2. The lowest BCUT2D eigenvalue weighted by Crippen LogP contribution is -2.39.